The maximum absolute atomic E-state index is 13.3. The van der Waals surface area contributed by atoms with Crippen LogP contribution in [-0.4, -0.2) is 6.54 Å². The first-order valence-electron chi connectivity index (χ1n) is 5.08. The van der Waals surface area contributed by atoms with Crippen molar-refractivity contribution in [3.05, 3.63) is 35.1 Å². The van der Waals surface area contributed by atoms with Gasteiger partial charge in [0.2, 0.25) is 0 Å². The summed E-state index contributed by atoms with van der Waals surface area (Å²) in [4.78, 5) is 0. The third kappa shape index (κ3) is 2.19. The van der Waals surface area contributed by atoms with E-state index in [1.54, 1.807) is 0 Å². The van der Waals surface area contributed by atoms with Crippen molar-refractivity contribution in [1.29, 1.82) is 0 Å². The molecule has 16 heavy (non-hydrogen) atoms. The molecule has 0 spiro atoms. The van der Waals surface area contributed by atoms with E-state index in [9.17, 15) is 17.6 Å². The lowest BCUT2D eigenvalue weighted by atomic mass is 10.0. The Bertz CT molecular complexity index is 380. The normalized spacial score (nSPS) is 21.4. The Morgan fingerprint density at radius 2 is 2.00 bits per heavy atom. The summed E-state index contributed by atoms with van der Waals surface area (Å²) in [5.74, 6) is -1.20. The average Bonchev–Trinajstić information content (AvgIpc) is 2.68. The molecule has 1 saturated heterocycles. The zero-order valence-electron chi connectivity index (χ0n) is 8.44. The van der Waals surface area contributed by atoms with Gasteiger partial charge in [0.05, 0.1) is 5.56 Å². The lowest BCUT2D eigenvalue weighted by molar-refractivity contribution is -0.140. The van der Waals surface area contributed by atoms with E-state index in [4.69, 9.17) is 0 Å². The van der Waals surface area contributed by atoms with Gasteiger partial charge in [-0.25, -0.2) is 4.39 Å². The van der Waals surface area contributed by atoms with E-state index < -0.39 is 17.6 Å². The minimum atomic E-state index is -4.62. The van der Waals surface area contributed by atoms with E-state index in [2.05, 4.69) is 5.32 Å². The molecule has 1 aromatic carbocycles. The molecule has 0 amide bonds. The van der Waals surface area contributed by atoms with Gasteiger partial charge in [-0.3, -0.25) is 0 Å². The Labute approximate surface area is 90.5 Å². The third-order valence-electron chi connectivity index (χ3n) is 2.76. The summed E-state index contributed by atoms with van der Waals surface area (Å²) < 4.78 is 50.2. The van der Waals surface area contributed by atoms with Crippen LogP contribution in [0.4, 0.5) is 17.6 Å². The number of rotatable bonds is 1. The van der Waals surface area contributed by atoms with Crippen LogP contribution in [0.15, 0.2) is 18.2 Å². The Kier molecular flexibility index (Phi) is 2.88. The fraction of sp³-hybridized carbons (Fsp3) is 0.455. The van der Waals surface area contributed by atoms with E-state index >= 15 is 0 Å². The smallest absolute Gasteiger partial charge is 0.310 e. The second-order valence-corrected chi connectivity index (χ2v) is 3.89. The highest BCUT2D eigenvalue weighted by Gasteiger charge is 2.34. The monoisotopic (exact) mass is 233 g/mol. The highest BCUT2D eigenvalue weighted by molar-refractivity contribution is 5.28. The van der Waals surface area contributed by atoms with Gasteiger partial charge in [0.25, 0.3) is 0 Å². The molecule has 2 rings (SSSR count). The Balaban J connectivity index is 2.29. The predicted octanol–water partition coefficient (Wildman–Crippen LogP) is 3.27. The summed E-state index contributed by atoms with van der Waals surface area (Å²) in [7, 11) is 0. The van der Waals surface area contributed by atoms with Crippen molar-refractivity contribution in [3.63, 3.8) is 0 Å². The fourth-order valence-corrected chi connectivity index (χ4v) is 1.95. The first-order valence-corrected chi connectivity index (χ1v) is 5.08. The summed E-state index contributed by atoms with van der Waals surface area (Å²) in [6, 6.07) is 3.11. The molecule has 1 heterocycles. The molecule has 0 bridgehead atoms. The van der Waals surface area contributed by atoms with Gasteiger partial charge in [0.1, 0.15) is 5.82 Å². The van der Waals surface area contributed by atoms with Crippen molar-refractivity contribution in [3.8, 4) is 0 Å². The Morgan fingerprint density at radius 1 is 1.25 bits per heavy atom. The first kappa shape index (κ1) is 11.4. The van der Waals surface area contributed by atoms with Crippen LogP contribution in [0.5, 0.6) is 0 Å². The van der Waals surface area contributed by atoms with E-state index in [1.807, 2.05) is 0 Å². The van der Waals surface area contributed by atoms with Crippen molar-refractivity contribution in [1.82, 2.24) is 5.32 Å². The zero-order valence-corrected chi connectivity index (χ0v) is 8.44. The molecule has 0 radical (unpaired) electrons. The third-order valence-corrected chi connectivity index (χ3v) is 2.76. The van der Waals surface area contributed by atoms with Crippen LogP contribution < -0.4 is 5.32 Å². The van der Waals surface area contributed by atoms with E-state index in [0.717, 1.165) is 31.5 Å². The standard InChI is InChI=1S/C11H11F4N/c12-9-6-7(10-2-1-5-16-10)3-4-8(9)11(13,14)15/h3-4,6,10,16H,1-2,5H2. The van der Waals surface area contributed by atoms with Gasteiger partial charge in [0, 0.05) is 6.04 Å². The number of alkyl halides is 3. The van der Waals surface area contributed by atoms with Gasteiger partial charge in [-0.15, -0.1) is 0 Å². The SMILES string of the molecule is Fc1cc(C2CCCN2)ccc1C(F)(F)F. The quantitative estimate of drug-likeness (QED) is 0.734. The second kappa shape index (κ2) is 4.05. The van der Waals surface area contributed by atoms with Crippen molar-refractivity contribution in [2.24, 2.45) is 0 Å². The van der Waals surface area contributed by atoms with Gasteiger partial charge in [0.15, 0.2) is 0 Å². The van der Waals surface area contributed by atoms with Crippen LogP contribution in [0.2, 0.25) is 0 Å². The molecule has 1 aromatic rings. The van der Waals surface area contributed by atoms with E-state index in [-0.39, 0.29) is 6.04 Å². The number of halogens is 4. The molecular formula is C11H11F4N. The summed E-state index contributed by atoms with van der Waals surface area (Å²) in [6.45, 7) is 0.827. The molecule has 1 unspecified atom stereocenters. The van der Waals surface area contributed by atoms with E-state index in [1.165, 1.54) is 6.07 Å². The lowest BCUT2D eigenvalue weighted by Gasteiger charge is -2.13. The van der Waals surface area contributed by atoms with Gasteiger partial charge in [-0.05, 0) is 37.1 Å². The fourth-order valence-electron chi connectivity index (χ4n) is 1.95. The molecule has 0 saturated carbocycles. The number of benzene rings is 1. The Hall–Kier alpha value is -1.10. The van der Waals surface area contributed by atoms with Crippen molar-refractivity contribution >= 4 is 0 Å². The molecule has 1 aliphatic rings. The molecule has 1 aliphatic heterocycles. The van der Waals surface area contributed by atoms with Crippen LogP contribution in [0.25, 0.3) is 0 Å². The van der Waals surface area contributed by atoms with Crippen LogP contribution >= 0.6 is 0 Å². The topological polar surface area (TPSA) is 12.0 Å². The molecule has 0 aromatic heterocycles. The van der Waals surface area contributed by atoms with Crippen LogP contribution in [0.3, 0.4) is 0 Å². The van der Waals surface area contributed by atoms with Gasteiger partial charge < -0.3 is 5.32 Å². The predicted molar refractivity (Wildman–Crippen MR) is 51.4 cm³/mol. The van der Waals surface area contributed by atoms with Crippen molar-refractivity contribution < 1.29 is 17.6 Å². The van der Waals surface area contributed by atoms with Crippen LogP contribution in [0, 0.1) is 5.82 Å². The maximum Gasteiger partial charge on any atom is 0.419 e. The minimum Gasteiger partial charge on any atom is -0.310 e. The van der Waals surface area contributed by atoms with Crippen LogP contribution in [0.1, 0.15) is 30.0 Å². The van der Waals surface area contributed by atoms with Gasteiger partial charge >= 0.3 is 6.18 Å². The number of hydrogen-bond donors (Lipinski definition) is 1. The average molecular weight is 233 g/mol. The molecule has 1 fully saturated rings. The summed E-state index contributed by atoms with van der Waals surface area (Å²) in [5.41, 5.74) is -0.614. The number of nitrogens with one attached hydrogen (secondary N) is 1. The minimum absolute atomic E-state index is 0.0169. The summed E-state index contributed by atoms with van der Waals surface area (Å²) in [5, 5.41) is 3.11. The maximum atomic E-state index is 13.3. The molecule has 1 N–H and O–H groups in total. The first-order chi connectivity index (χ1) is 7.48. The summed E-state index contributed by atoms with van der Waals surface area (Å²) in [6.07, 6.45) is -2.82. The lowest BCUT2D eigenvalue weighted by Crippen LogP contribution is -2.14. The molecule has 1 atom stereocenters. The summed E-state index contributed by atoms with van der Waals surface area (Å²) >= 11 is 0. The zero-order chi connectivity index (χ0) is 11.8. The van der Waals surface area contributed by atoms with Gasteiger partial charge in [-0.1, -0.05) is 6.07 Å². The highest BCUT2D eigenvalue weighted by Crippen LogP contribution is 2.33. The number of hydrogen-bond acceptors (Lipinski definition) is 1. The van der Waals surface area contributed by atoms with Crippen LogP contribution in [-0.2, 0) is 6.18 Å². The van der Waals surface area contributed by atoms with Crippen molar-refractivity contribution in [2.45, 2.75) is 25.1 Å². The molecule has 0 aliphatic carbocycles. The highest BCUT2D eigenvalue weighted by atomic mass is 19.4. The molecular weight excluding hydrogens is 222 g/mol. The molecule has 88 valence electrons. The molecule has 1 nitrogen and oxygen atoms in total. The molecule has 5 heteroatoms. The Morgan fingerprint density at radius 3 is 2.50 bits per heavy atom. The van der Waals surface area contributed by atoms with Gasteiger partial charge in [-0.2, -0.15) is 13.2 Å². The largest absolute Gasteiger partial charge is 0.419 e. The van der Waals surface area contributed by atoms with E-state index in [0.29, 0.717) is 5.56 Å². The second-order valence-electron chi connectivity index (χ2n) is 3.89. The van der Waals surface area contributed by atoms with Crippen molar-refractivity contribution in [2.75, 3.05) is 6.54 Å².